The molecular weight excluding hydrogens is 517 g/mol. The maximum atomic E-state index is 13.5. The Morgan fingerprint density at radius 3 is 2.51 bits per heavy atom. The van der Waals surface area contributed by atoms with Gasteiger partial charge in [0.25, 0.3) is 11.5 Å². The van der Waals surface area contributed by atoms with Gasteiger partial charge in [-0.25, -0.2) is 14.6 Å². The van der Waals surface area contributed by atoms with Crippen LogP contribution in [-0.2, 0) is 0 Å². The minimum atomic E-state index is -0.535. The lowest BCUT2D eigenvalue weighted by molar-refractivity contribution is 0.0700. The molecule has 0 bridgehead atoms. The molecule has 1 amide bonds. The van der Waals surface area contributed by atoms with E-state index in [0.29, 0.717) is 5.82 Å². The van der Waals surface area contributed by atoms with E-state index in [1.165, 1.54) is 17.1 Å². The number of hydrogen-bond donors (Lipinski definition) is 2. The van der Waals surface area contributed by atoms with Crippen LogP contribution in [0.15, 0.2) is 23.3 Å². The third kappa shape index (κ3) is 5.36. The van der Waals surface area contributed by atoms with Crippen LogP contribution in [-0.4, -0.2) is 96.4 Å². The molecule has 2 aliphatic heterocycles. The van der Waals surface area contributed by atoms with E-state index in [9.17, 15) is 9.59 Å². The number of aromatic nitrogens is 3. The molecule has 2 N–H and O–H groups in total. The number of anilines is 3. The molecule has 1 saturated carbocycles. The van der Waals surface area contributed by atoms with Crippen molar-refractivity contribution in [1.82, 2.24) is 29.8 Å². The van der Waals surface area contributed by atoms with Gasteiger partial charge in [0.15, 0.2) is 0 Å². The average molecular weight is 553 g/mol. The van der Waals surface area contributed by atoms with E-state index in [2.05, 4.69) is 49.4 Å². The summed E-state index contributed by atoms with van der Waals surface area (Å²) in [7, 11) is 6.02. The third-order valence-corrected chi connectivity index (χ3v) is 7.77. The maximum Gasteiger partial charge on any atom is 0.293 e. The van der Waals surface area contributed by atoms with E-state index in [-0.39, 0.29) is 40.3 Å². The number of piperazine rings is 1. The van der Waals surface area contributed by atoms with Gasteiger partial charge >= 0.3 is 0 Å². The summed E-state index contributed by atoms with van der Waals surface area (Å²) in [4.78, 5) is 42.0. The van der Waals surface area contributed by atoms with Gasteiger partial charge in [-0.05, 0) is 58.9 Å². The van der Waals surface area contributed by atoms with Crippen LogP contribution >= 0.6 is 24.0 Å². The summed E-state index contributed by atoms with van der Waals surface area (Å²) in [5.41, 5.74) is -0.467. The van der Waals surface area contributed by atoms with Crippen molar-refractivity contribution in [3.8, 4) is 0 Å². The first-order valence-electron chi connectivity index (χ1n) is 12.5. The predicted octanol–water partition coefficient (Wildman–Crippen LogP) is 1.72. The number of pyridine rings is 1. The molecule has 13 heteroatoms. The minimum Gasteiger partial charge on any atom is -0.354 e. The van der Waals surface area contributed by atoms with Gasteiger partial charge in [0.1, 0.15) is 35.0 Å². The molecule has 37 heavy (non-hydrogen) atoms. The number of carbonyl (C=O) groups excluding carboxylic acids is 1. The summed E-state index contributed by atoms with van der Waals surface area (Å²) < 4.78 is 1.39. The van der Waals surface area contributed by atoms with Gasteiger partial charge < -0.3 is 20.4 Å². The van der Waals surface area contributed by atoms with E-state index in [0.717, 1.165) is 70.8 Å². The van der Waals surface area contributed by atoms with Gasteiger partial charge in [-0.3, -0.25) is 19.5 Å². The molecule has 1 saturated heterocycles. The van der Waals surface area contributed by atoms with E-state index in [1.54, 1.807) is 5.01 Å². The van der Waals surface area contributed by atoms with Gasteiger partial charge in [0, 0.05) is 39.3 Å². The lowest BCUT2D eigenvalue weighted by Crippen LogP contribution is -2.72. The molecular formula is C24H35Cl2N9O2. The Morgan fingerprint density at radius 1 is 1.14 bits per heavy atom. The number of nitrogens with one attached hydrogen (secondary N) is 2. The van der Waals surface area contributed by atoms with Crippen molar-refractivity contribution in [3.63, 3.8) is 0 Å². The first-order valence-corrected chi connectivity index (χ1v) is 12.9. The zero-order valence-electron chi connectivity index (χ0n) is 21.5. The van der Waals surface area contributed by atoms with Crippen molar-refractivity contribution in [2.24, 2.45) is 0 Å². The Labute approximate surface area is 228 Å². The molecule has 3 aliphatic rings. The second kappa shape index (κ2) is 11.0. The standard InChI is InChI=1S/C24H34ClN9O2.ClH/c1-30(2)8-5-9-32-10-12-33(13-11-32)20-15-19(26-16-27-20)28-18-14-17(25)21-22(35)29-24(6-4-7-24)31(3)34(21)23(18)36;/h14-16H,4-13H2,1-3H3,(H,29,35)(H,26,27,28);1H. The third-order valence-electron chi connectivity index (χ3n) is 7.48. The summed E-state index contributed by atoms with van der Waals surface area (Å²) in [6.07, 6.45) is 5.23. The monoisotopic (exact) mass is 551 g/mol. The zero-order chi connectivity index (χ0) is 25.4. The number of nitrogens with zero attached hydrogens (tertiary/aromatic N) is 7. The Morgan fingerprint density at radius 2 is 1.86 bits per heavy atom. The second-order valence-electron chi connectivity index (χ2n) is 10.1. The molecule has 1 aliphatic carbocycles. The zero-order valence-corrected chi connectivity index (χ0v) is 23.1. The van der Waals surface area contributed by atoms with Crippen LogP contribution < -0.4 is 26.1 Å². The van der Waals surface area contributed by atoms with Crippen LogP contribution in [0.1, 0.15) is 36.2 Å². The van der Waals surface area contributed by atoms with E-state index in [1.807, 2.05) is 13.1 Å². The molecule has 2 fully saturated rings. The number of fused-ring (bicyclic) bond motifs is 1. The number of amides is 1. The lowest BCUT2D eigenvalue weighted by Gasteiger charge is -2.53. The van der Waals surface area contributed by atoms with Gasteiger partial charge in [-0.2, -0.15) is 0 Å². The number of halogens is 2. The number of carbonyl (C=O) groups is 1. The van der Waals surface area contributed by atoms with Crippen molar-refractivity contribution in [1.29, 1.82) is 0 Å². The molecule has 2 aromatic rings. The van der Waals surface area contributed by atoms with Crippen LogP contribution in [0.4, 0.5) is 17.3 Å². The predicted molar refractivity (Wildman–Crippen MR) is 148 cm³/mol. The molecule has 0 atom stereocenters. The molecule has 2 aromatic heterocycles. The normalized spacial score (nSPS) is 18.8. The van der Waals surface area contributed by atoms with Crippen molar-refractivity contribution in [3.05, 3.63) is 39.5 Å². The van der Waals surface area contributed by atoms with Crippen LogP contribution in [0.25, 0.3) is 0 Å². The lowest BCUT2D eigenvalue weighted by atomic mass is 9.83. The summed E-state index contributed by atoms with van der Waals surface area (Å²) in [6.45, 7) is 5.92. The fourth-order valence-corrected chi connectivity index (χ4v) is 5.47. The van der Waals surface area contributed by atoms with Crippen molar-refractivity contribution < 1.29 is 4.79 Å². The molecule has 11 nitrogen and oxygen atoms in total. The molecule has 0 unspecified atom stereocenters. The Bertz CT molecular complexity index is 1190. The molecule has 202 valence electrons. The molecule has 0 radical (unpaired) electrons. The Balaban J connectivity index is 0.00000320. The van der Waals surface area contributed by atoms with E-state index in [4.69, 9.17) is 11.6 Å². The summed E-state index contributed by atoms with van der Waals surface area (Å²) in [6, 6.07) is 3.35. The first kappa shape index (κ1) is 27.4. The topological polar surface area (TPSA) is 102 Å². The van der Waals surface area contributed by atoms with Gasteiger partial charge in [-0.1, -0.05) is 11.6 Å². The van der Waals surface area contributed by atoms with Gasteiger partial charge in [0.2, 0.25) is 0 Å². The van der Waals surface area contributed by atoms with Crippen molar-refractivity contribution in [2.75, 3.05) is 75.6 Å². The summed E-state index contributed by atoms with van der Waals surface area (Å²) >= 11 is 6.48. The van der Waals surface area contributed by atoms with Gasteiger partial charge in [-0.15, -0.1) is 12.4 Å². The number of hydrogen-bond acceptors (Lipinski definition) is 9. The Kier molecular flexibility index (Phi) is 8.17. The highest BCUT2D eigenvalue weighted by Crippen LogP contribution is 2.37. The molecule has 4 heterocycles. The summed E-state index contributed by atoms with van der Waals surface area (Å²) in [5, 5.41) is 8.15. The van der Waals surface area contributed by atoms with E-state index >= 15 is 0 Å². The molecule has 1 spiro atoms. The second-order valence-corrected chi connectivity index (χ2v) is 10.5. The largest absolute Gasteiger partial charge is 0.354 e. The highest BCUT2D eigenvalue weighted by Gasteiger charge is 2.48. The highest BCUT2D eigenvalue weighted by molar-refractivity contribution is 6.34. The SMILES string of the molecule is CN(C)CCCN1CCN(c2cc(Nc3cc(Cl)c4n(c3=O)N(C)C3(CCC3)NC4=O)ncn2)CC1.Cl. The Hall–Kier alpha value is -2.60. The van der Waals surface area contributed by atoms with Crippen LogP contribution in [0.5, 0.6) is 0 Å². The first-order chi connectivity index (χ1) is 17.3. The fourth-order valence-electron chi connectivity index (χ4n) is 5.19. The van der Waals surface area contributed by atoms with Gasteiger partial charge in [0.05, 0.1) is 5.02 Å². The maximum absolute atomic E-state index is 13.5. The molecule has 5 rings (SSSR count). The van der Waals surface area contributed by atoms with Crippen LogP contribution in [0, 0.1) is 0 Å². The fraction of sp³-hybridized carbons (Fsp3) is 0.583. The molecule has 0 aromatic carbocycles. The van der Waals surface area contributed by atoms with E-state index < -0.39 is 5.66 Å². The quantitative estimate of drug-likeness (QED) is 0.532. The van der Waals surface area contributed by atoms with Crippen LogP contribution in [0.2, 0.25) is 5.02 Å². The average Bonchev–Trinajstić information content (AvgIpc) is 2.83. The van der Waals surface area contributed by atoms with Crippen molar-refractivity contribution in [2.45, 2.75) is 31.3 Å². The number of rotatable bonds is 7. The smallest absolute Gasteiger partial charge is 0.293 e. The summed E-state index contributed by atoms with van der Waals surface area (Å²) in [5.74, 6) is 0.990. The highest BCUT2D eigenvalue weighted by atomic mass is 35.5. The minimum absolute atomic E-state index is 0. The van der Waals surface area contributed by atoms with Crippen LogP contribution in [0.3, 0.4) is 0 Å². The van der Waals surface area contributed by atoms with Crippen molar-refractivity contribution >= 4 is 47.2 Å².